The number of aromatic carboxylic acids is 1. The van der Waals surface area contributed by atoms with Crippen LogP contribution in [-0.2, 0) is 0 Å². The second-order valence-corrected chi connectivity index (χ2v) is 4.81. The van der Waals surface area contributed by atoms with Crippen LogP contribution in [0.15, 0.2) is 18.2 Å². The molecule has 0 aliphatic heterocycles. The van der Waals surface area contributed by atoms with Crippen molar-refractivity contribution in [3.8, 4) is 5.75 Å². The van der Waals surface area contributed by atoms with Crippen LogP contribution in [0.2, 0.25) is 0 Å². The van der Waals surface area contributed by atoms with E-state index in [-0.39, 0.29) is 17.4 Å². The molecule has 2 N–H and O–H groups in total. The maximum absolute atomic E-state index is 13.5. The summed E-state index contributed by atoms with van der Waals surface area (Å²) < 4.78 is 19.1. The van der Waals surface area contributed by atoms with Gasteiger partial charge in [-0.15, -0.1) is 0 Å². The van der Waals surface area contributed by atoms with Gasteiger partial charge in [0.2, 0.25) is 0 Å². The van der Waals surface area contributed by atoms with Crippen molar-refractivity contribution in [3.05, 3.63) is 29.6 Å². The van der Waals surface area contributed by atoms with Crippen molar-refractivity contribution >= 4 is 5.97 Å². The summed E-state index contributed by atoms with van der Waals surface area (Å²) in [7, 11) is 0. The van der Waals surface area contributed by atoms with Crippen molar-refractivity contribution in [1.82, 2.24) is 0 Å². The Morgan fingerprint density at radius 3 is 2.68 bits per heavy atom. The summed E-state index contributed by atoms with van der Waals surface area (Å²) in [5.41, 5.74) is -0.381. The molecule has 0 amide bonds. The fraction of sp³-hybridized carbons (Fsp3) is 0.500. The lowest BCUT2D eigenvalue weighted by Crippen LogP contribution is -2.30. The van der Waals surface area contributed by atoms with Crippen molar-refractivity contribution in [2.45, 2.75) is 44.3 Å². The van der Waals surface area contributed by atoms with E-state index in [4.69, 9.17) is 9.84 Å². The Balaban J connectivity index is 2.10. The van der Waals surface area contributed by atoms with Crippen LogP contribution in [0.1, 0.15) is 42.5 Å². The molecule has 1 aromatic carbocycles. The van der Waals surface area contributed by atoms with E-state index in [1.54, 1.807) is 0 Å². The number of halogens is 1. The third-order valence-corrected chi connectivity index (χ3v) is 3.38. The minimum Gasteiger partial charge on any atom is -0.488 e. The van der Waals surface area contributed by atoms with Gasteiger partial charge in [-0.2, -0.15) is 0 Å². The number of hydrogen-bond acceptors (Lipinski definition) is 3. The molecule has 1 aromatic rings. The average Bonchev–Trinajstić information content (AvgIpc) is 2.55. The number of carboxylic acid groups (broad SMARTS) is 1. The summed E-state index contributed by atoms with van der Waals surface area (Å²) in [5.74, 6) is -1.87. The van der Waals surface area contributed by atoms with Crippen LogP contribution in [0.5, 0.6) is 5.75 Å². The molecule has 0 saturated heterocycles. The van der Waals surface area contributed by atoms with Crippen LogP contribution in [-0.4, -0.2) is 28.4 Å². The van der Waals surface area contributed by atoms with Crippen LogP contribution in [0.4, 0.5) is 4.39 Å². The number of carbonyl (C=O) groups is 1. The average molecular weight is 268 g/mol. The minimum atomic E-state index is -1.31. The number of rotatable bonds is 3. The van der Waals surface area contributed by atoms with Gasteiger partial charge in [-0.05, 0) is 31.4 Å². The fourth-order valence-electron chi connectivity index (χ4n) is 2.31. The van der Waals surface area contributed by atoms with Gasteiger partial charge in [0.25, 0.3) is 0 Å². The van der Waals surface area contributed by atoms with Crippen molar-refractivity contribution in [2.75, 3.05) is 0 Å². The van der Waals surface area contributed by atoms with E-state index in [1.165, 1.54) is 12.1 Å². The molecule has 1 fully saturated rings. The van der Waals surface area contributed by atoms with Gasteiger partial charge in [0.1, 0.15) is 17.7 Å². The topological polar surface area (TPSA) is 66.8 Å². The van der Waals surface area contributed by atoms with Gasteiger partial charge in [-0.3, -0.25) is 0 Å². The first kappa shape index (κ1) is 13.8. The molecule has 19 heavy (non-hydrogen) atoms. The van der Waals surface area contributed by atoms with Crippen LogP contribution in [0, 0.1) is 5.82 Å². The molecule has 104 valence electrons. The van der Waals surface area contributed by atoms with E-state index in [2.05, 4.69) is 0 Å². The highest BCUT2D eigenvalue weighted by Gasteiger charge is 2.23. The molecule has 0 heterocycles. The summed E-state index contributed by atoms with van der Waals surface area (Å²) in [6, 6.07) is 3.65. The van der Waals surface area contributed by atoms with E-state index in [0.717, 1.165) is 31.7 Å². The summed E-state index contributed by atoms with van der Waals surface area (Å²) >= 11 is 0. The highest BCUT2D eigenvalue weighted by Crippen LogP contribution is 2.24. The van der Waals surface area contributed by atoms with Crippen molar-refractivity contribution in [3.63, 3.8) is 0 Å². The zero-order valence-electron chi connectivity index (χ0n) is 10.5. The summed E-state index contributed by atoms with van der Waals surface area (Å²) in [6.07, 6.45) is 3.50. The molecule has 2 rings (SSSR count). The van der Waals surface area contributed by atoms with E-state index in [0.29, 0.717) is 6.42 Å². The molecule has 1 saturated carbocycles. The van der Waals surface area contributed by atoms with E-state index in [1.807, 2.05) is 0 Å². The predicted molar refractivity (Wildman–Crippen MR) is 66.9 cm³/mol. The number of ether oxygens (including phenoxy) is 1. The molecule has 0 radical (unpaired) electrons. The minimum absolute atomic E-state index is 0.258. The lowest BCUT2D eigenvalue weighted by molar-refractivity contribution is 0.0317. The first-order valence-corrected chi connectivity index (χ1v) is 6.45. The first-order valence-electron chi connectivity index (χ1n) is 6.45. The Morgan fingerprint density at radius 1 is 1.26 bits per heavy atom. The van der Waals surface area contributed by atoms with Gasteiger partial charge >= 0.3 is 5.97 Å². The molecule has 1 aliphatic rings. The largest absolute Gasteiger partial charge is 0.488 e. The van der Waals surface area contributed by atoms with E-state index >= 15 is 0 Å². The molecule has 0 spiro atoms. The van der Waals surface area contributed by atoms with Gasteiger partial charge < -0.3 is 14.9 Å². The zero-order valence-corrected chi connectivity index (χ0v) is 10.5. The molecule has 2 atom stereocenters. The Hall–Kier alpha value is -1.62. The summed E-state index contributed by atoms with van der Waals surface area (Å²) in [6.45, 7) is 0. The molecule has 5 heteroatoms. The SMILES string of the molecule is O=C(O)c1ccc(OC2CCCCCC2O)cc1F. The van der Waals surface area contributed by atoms with Gasteiger partial charge in [0, 0.05) is 6.07 Å². The van der Waals surface area contributed by atoms with Crippen LogP contribution in [0.3, 0.4) is 0 Å². The number of benzene rings is 1. The smallest absolute Gasteiger partial charge is 0.338 e. The van der Waals surface area contributed by atoms with Crippen molar-refractivity contribution < 1.29 is 24.1 Å². The Labute approximate surface area is 110 Å². The Kier molecular flexibility index (Phi) is 4.37. The first-order chi connectivity index (χ1) is 9.08. The molecule has 0 aromatic heterocycles. The van der Waals surface area contributed by atoms with Gasteiger partial charge in [-0.1, -0.05) is 12.8 Å². The quantitative estimate of drug-likeness (QED) is 0.827. The third-order valence-electron chi connectivity index (χ3n) is 3.38. The van der Waals surface area contributed by atoms with E-state index in [9.17, 15) is 14.3 Å². The monoisotopic (exact) mass is 268 g/mol. The number of aliphatic hydroxyl groups is 1. The fourth-order valence-corrected chi connectivity index (χ4v) is 2.31. The number of aliphatic hydroxyl groups excluding tert-OH is 1. The standard InChI is InChI=1S/C14H17FO4/c15-11-8-9(6-7-10(11)14(17)18)19-13-5-3-1-2-4-12(13)16/h6-8,12-13,16H,1-5H2,(H,17,18). The number of hydrogen-bond donors (Lipinski definition) is 2. The van der Waals surface area contributed by atoms with Crippen molar-refractivity contribution in [1.29, 1.82) is 0 Å². The van der Waals surface area contributed by atoms with Crippen LogP contribution in [0.25, 0.3) is 0 Å². The highest BCUT2D eigenvalue weighted by atomic mass is 19.1. The van der Waals surface area contributed by atoms with Crippen LogP contribution < -0.4 is 4.74 Å². The predicted octanol–water partition coefficient (Wildman–Crippen LogP) is 2.60. The lowest BCUT2D eigenvalue weighted by Gasteiger charge is -2.22. The highest BCUT2D eigenvalue weighted by molar-refractivity contribution is 5.88. The summed E-state index contributed by atoms with van der Waals surface area (Å²) in [5, 5.41) is 18.6. The zero-order chi connectivity index (χ0) is 13.8. The molecule has 4 nitrogen and oxygen atoms in total. The molecule has 0 bridgehead atoms. The van der Waals surface area contributed by atoms with Gasteiger partial charge in [0.15, 0.2) is 0 Å². The van der Waals surface area contributed by atoms with Gasteiger partial charge in [0.05, 0.1) is 11.7 Å². The van der Waals surface area contributed by atoms with E-state index < -0.39 is 17.9 Å². The summed E-state index contributed by atoms with van der Waals surface area (Å²) in [4.78, 5) is 10.7. The van der Waals surface area contributed by atoms with Crippen LogP contribution >= 0.6 is 0 Å². The second kappa shape index (κ2) is 6.02. The Bertz CT molecular complexity index is 461. The van der Waals surface area contributed by atoms with Crippen molar-refractivity contribution in [2.24, 2.45) is 0 Å². The third kappa shape index (κ3) is 3.44. The maximum atomic E-state index is 13.5. The lowest BCUT2D eigenvalue weighted by atomic mass is 10.1. The molecule has 2 unspecified atom stereocenters. The van der Waals surface area contributed by atoms with Gasteiger partial charge in [-0.25, -0.2) is 9.18 Å². The Morgan fingerprint density at radius 2 is 2.00 bits per heavy atom. The number of carboxylic acids is 1. The maximum Gasteiger partial charge on any atom is 0.338 e. The molecule has 1 aliphatic carbocycles. The molecular formula is C14H17FO4. The molecular weight excluding hydrogens is 251 g/mol. The second-order valence-electron chi connectivity index (χ2n) is 4.81. The normalized spacial score (nSPS) is 23.7.